The van der Waals surface area contributed by atoms with Crippen molar-refractivity contribution in [3.63, 3.8) is 0 Å². The highest BCUT2D eigenvalue weighted by molar-refractivity contribution is 6.30. The van der Waals surface area contributed by atoms with E-state index in [1.807, 2.05) is 18.2 Å². The highest BCUT2D eigenvalue weighted by atomic mass is 35.5. The fourth-order valence-corrected chi connectivity index (χ4v) is 2.07. The van der Waals surface area contributed by atoms with Crippen LogP contribution in [0.25, 0.3) is 11.1 Å². The number of terminal acetylenes is 1. The first-order valence-corrected chi connectivity index (χ1v) is 6.11. The molecular formula is C14H13ClN4. The van der Waals surface area contributed by atoms with Crippen LogP contribution in [0.5, 0.6) is 0 Å². The zero-order chi connectivity index (χ0) is 13.8. The Labute approximate surface area is 116 Å². The van der Waals surface area contributed by atoms with E-state index in [1.54, 1.807) is 6.07 Å². The molecule has 0 aliphatic rings. The second-order valence-electron chi connectivity index (χ2n) is 4.00. The van der Waals surface area contributed by atoms with Gasteiger partial charge in [-0.3, -0.25) is 0 Å². The third-order valence-corrected chi connectivity index (χ3v) is 2.88. The molecule has 2 aromatic rings. The van der Waals surface area contributed by atoms with Crippen molar-refractivity contribution < 1.29 is 0 Å². The molecule has 0 fully saturated rings. The van der Waals surface area contributed by atoms with Gasteiger partial charge in [-0.05, 0) is 17.7 Å². The molecule has 4 N–H and O–H groups in total. The first kappa shape index (κ1) is 13.2. The summed E-state index contributed by atoms with van der Waals surface area (Å²) in [5, 5.41) is 0.622. The van der Waals surface area contributed by atoms with Gasteiger partial charge in [0.1, 0.15) is 5.82 Å². The maximum atomic E-state index is 6.00. The summed E-state index contributed by atoms with van der Waals surface area (Å²) in [6.45, 7) is 0. The molecule has 0 amide bonds. The van der Waals surface area contributed by atoms with E-state index in [1.165, 1.54) is 0 Å². The van der Waals surface area contributed by atoms with E-state index < -0.39 is 0 Å². The summed E-state index contributed by atoms with van der Waals surface area (Å²) in [4.78, 5) is 8.22. The molecule has 2 rings (SSSR count). The van der Waals surface area contributed by atoms with E-state index in [0.29, 0.717) is 23.7 Å². The van der Waals surface area contributed by atoms with Gasteiger partial charge < -0.3 is 11.5 Å². The fourth-order valence-electron chi connectivity index (χ4n) is 1.88. The van der Waals surface area contributed by atoms with E-state index in [2.05, 4.69) is 15.9 Å². The van der Waals surface area contributed by atoms with Crippen LogP contribution in [0.3, 0.4) is 0 Å². The van der Waals surface area contributed by atoms with E-state index in [-0.39, 0.29) is 5.95 Å². The van der Waals surface area contributed by atoms with Crippen LogP contribution < -0.4 is 11.5 Å². The molecular weight excluding hydrogens is 260 g/mol. The number of nitrogen functional groups attached to an aromatic ring is 2. The molecule has 0 unspecified atom stereocenters. The lowest BCUT2D eigenvalue weighted by molar-refractivity contribution is 0.955. The van der Waals surface area contributed by atoms with Crippen LogP contribution in [0.2, 0.25) is 5.02 Å². The number of nitrogens with two attached hydrogens (primary N) is 2. The monoisotopic (exact) mass is 272 g/mol. The zero-order valence-electron chi connectivity index (χ0n) is 10.2. The standard InChI is InChI=1S/C14H13ClN4/c1-2-3-7-11-12(13(16)19-14(17)18-11)9-5-4-6-10(15)8-9/h1,4-6,8H,3,7H2,(H4,16,17,18,19). The van der Waals surface area contributed by atoms with Crippen molar-refractivity contribution in [3.05, 3.63) is 35.0 Å². The minimum absolute atomic E-state index is 0.148. The van der Waals surface area contributed by atoms with Gasteiger partial charge in [0.05, 0.1) is 5.69 Å². The van der Waals surface area contributed by atoms with Crippen molar-refractivity contribution in [1.82, 2.24) is 9.97 Å². The molecule has 0 aliphatic carbocycles. The normalized spacial score (nSPS) is 10.1. The lowest BCUT2D eigenvalue weighted by Gasteiger charge is -2.11. The Morgan fingerprint density at radius 1 is 1.26 bits per heavy atom. The lowest BCUT2D eigenvalue weighted by Crippen LogP contribution is -2.06. The minimum Gasteiger partial charge on any atom is -0.383 e. The summed E-state index contributed by atoms with van der Waals surface area (Å²) in [7, 11) is 0. The van der Waals surface area contributed by atoms with Crippen molar-refractivity contribution in [2.75, 3.05) is 11.5 Å². The number of aryl methyl sites for hydroxylation is 1. The van der Waals surface area contributed by atoms with E-state index in [9.17, 15) is 0 Å². The predicted octanol–water partition coefficient (Wildman–Crippen LogP) is 2.53. The topological polar surface area (TPSA) is 77.8 Å². The van der Waals surface area contributed by atoms with Crippen LogP contribution in [0.15, 0.2) is 24.3 Å². The molecule has 0 spiro atoms. The molecule has 1 aromatic heterocycles. The SMILES string of the molecule is C#CCCc1nc(N)nc(N)c1-c1cccc(Cl)c1. The molecule has 1 aromatic carbocycles. The number of nitrogens with zero attached hydrogens (tertiary/aromatic N) is 2. The number of aromatic nitrogens is 2. The maximum Gasteiger partial charge on any atom is 0.222 e. The Morgan fingerprint density at radius 2 is 2.05 bits per heavy atom. The summed E-state index contributed by atoms with van der Waals surface area (Å²) >= 11 is 6.00. The smallest absolute Gasteiger partial charge is 0.222 e. The average Bonchev–Trinajstić information content (AvgIpc) is 2.35. The molecule has 96 valence electrons. The predicted molar refractivity (Wildman–Crippen MR) is 78.5 cm³/mol. The minimum atomic E-state index is 0.148. The lowest BCUT2D eigenvalue weighted by atomic mass is 10.0. The van der Waals surface area contributed by atoms with Crippen LogP contribution in [0.1, 0.15) is 12.1 Å². The van der Waals surface area contributed by atoms with Gasteiger partial charge in [0.15, 0.2) is 0 Å². The fraction of sp³-hybridized carbons (Fsp3) is 0.143. The Bertz CT molecular complexity index is 646. The number of anilines is 2. The maximum absolute atomic E-state index is 6.00. The third-order valence-electron chi connectivity index (χ3n) is 2.65. The Hall–Kier alpha value is -2.25. The van der Waals surface area contributed by atoms with Crippen LogP contribution in [-0.4, -0.2) is 9.97 Å². The Kier molecular flexibility index (Phi) is 3.88. The summed E-state index contributed by atoms with van der Waals surface area (Å²) in [6.07, 6.45) is 6.44. The molecule has 5 heteroatoms. The van der Waals surface area contributed by atoms with Crippen molar-refractivity contribution in [3.8, 4) is 23.5 Å². The van der Waals surface area contributed by atoms with Gasteiger partial charge in [0.2, 0.25) is 5.95 Å². The Morgan fingerprint density at radius 3 is 2.74 bits per heavy atom. The van der Waals surface area contributed by atoms with Crippen molar-refractivity contribution in [2.24, 2.45) is 0 Å². The number of rotatable bonds is 3. The van der Waals surface area contributed by atoms with Gasteiger partial charge in [0, 0.05) is 23.4 Å². The molecule has 4 nitrogen and oxygen atoms in total. The van der Waals surface area contributed by atoms with Crippen LogP contribution in [0.4, 0.5) is 11.8 Å². The molecule has 0 radical (unpaired) electrons. The molecule has 1 heterocycles. The molecule has 0 atom stereocenters. The second kappa shape index (κ2) is 5.59. The molecule has 0 saturated heterocycles. The van der Waals surface area contributed by atoms with Gasteiger partial charge in [-0.15, -0.1) is 12.3 Å². The van der Waals surface area contributed by atoms with Gasteiger partial charge in [-0.2, -0.15) is 4.98 Å². The number of hydrogen-bond donors (Lipinski definition) is 2. The summed E-state index contributed by atoms with van der Waals surface area (Å²) in [6, 6.07) is 7.35. The number of hydrogen-bond acceptors (Lipinski definition) is 4. The highest BCUT2D eigenvalue weighted by Crippen LogP contribution is 2.30. The number of benzene rings is 1. The average molecular weight is 273 g/mol. The zero-order valence-corrected chi connectivity index (χ0v) is 11.0. The van der Waals surface area contributed by atoms with E-state index in [4.69, 9.17) is 29.5 Å². The van der Waals surface area contributed by atoms with Gasteiger partial charge in [-0.1, -0.05) is 23.7 Å². The largest absolute Gasteiger partial charge is 0.383 e. The third kappa shape index (κ3) is 2.95. The summed E-state index contributed by atoms with van der Waals surface area (Å²) < 4.78 is 0. The van der Waals surface area contributed by atoms with Crippen LogP contribution in [-0.2, 0) is 6.42 Å². The van der Waals surface area contributed by atoms with Crippen molar-refractivity contribution >= 4 is 23.4 Å². The van der Waals surface area contributed by atoms with E-state index >= 15 is 0 Å². The van der Waals surface area contributed by atoms with Crippen molar-refractivity contribution in [1.29, 1.82) is 0 Å². The number of halogens is 1. The Balaban J connectivity index is 2.57. The molecule has 0 bridgehead atoms. The first-order chi connectivity index (χ1) is 9.11. The summed E-state index contributed by atoms with van der Waals surface area (Å²) in [5.74, 6) is 3.06. The van der Waals surface area contributed by atoms with Gasteiger partial charge >= 0.3 is 0 Å². The molecule has 19 heavy (non-hydrogen) atoms. The van der Waals surface area contributed by atoms with Gasteiger partial charge in [0.25, 0.3) is 0 Å². The quantitative estimate of drug-likeness (QED) is 0.842. The highest BCUT2D eigenvalue weighted by Gasteiger charge is 2.13. The summed E-state index contributed by atoms with van der Waals surface area (Å²) in [5.41, 5.74) is 13.9. The second-order valence-corrected chi connectivity index (χ2v) is 4.44. The van der Waals surface area contributed by atoms with Crippen molar-refractivity contribution in [2.45, 2.75) is 12.8 Å². The molecule has 0 aliphatic heterocycles. The van der Waals surface area contributed by atoms with Crippen LogP contribution >= 0.6 is 11.6 Å². The van der Waals surface area contributed by atoms with E-state index in [0.717, 1.165) is 16.8 Å². The first-order valence-electron chi connectivity index (χ1n) is 5.73. The van der Waals surface area contributed by atoms with Crippen LogP contribution in [0, 0.1) is 12.3 Å². The van der Waals surface area contributed by atoms with Gasteiger partial charge in [-0.25, -0.2) is 4.98 Å². The molecule has 0 saturated carbocycles.